The molecule has 1 aromatic rings. The van der Waals surface area contributed by atoms with Crippen LogP contribution < -0.4 is 11.5 Å². The molecule has 2 atom stereocenters. The first-order chi connectivity index (χ1) is 13.9. The number of anilines is 1. The van der Waals surface area contributed by atoms with Crippen molar-refractivity contribution >= 4 is 17.6 Å². The van der Waals surface area contributed by atoms with Crippen LogP contribution in [0.25, 0.3) is 0 Å². The second-order valence-electron chi connectivity index (χ2n) is 8.28. The molecule has 1 aromatic heterocycles. The summed E-state index contributed by atoms with van der Waals surface area (Å²) in [6.07, 6.45) is 9.70. The maximum absolute atomic E-state index is 12.5. The van der Waals surface area contributed by atoms with Crippen LogP contribution in [0.15, 0.2) is 29.4 Å². The molecule has 29 heavy (non-hydrogen) atoms. The molecule has 4 N–H and O–H groups in total. The lowest BCUT2D eigenvalue weighted by Gasteiger charge is -2.17. The quantitative estimate of drug-likeness (QED) is 0.397. The molecular formula is C22H34N6O. The van der Waals surface area contributed by atoms with E-state index in [1.54, 1.807) is 12.3 Å². The fourth-order valence-corrected chi connectivity index (χ4v) is 3.80. The molecular weight excluding hydrogens is 364 g/mol. The summed E-state index contributed by atoms with van der Waals surface area (Å²) in [5.74, 6) is 1.21. The SMILES string of the molecule is CCC(C)c1ccnc(N)c1C(N)=NC1CCN(C(=O)/C=C/CN(C)C2CC2)C1. The molecule has 2 unspecified atom stereocenters. The molecule has 1 aliphatic heterocycles. The highest BCUT2D eigenvalue weighted by molar-refractivity contribution is 6.03. The van der Waals surface area contributed by atoms with Crippen LogP contribution in [0.2, 0.25) is 0 Å². The van der Waals surface area contributed by atoms with Crippen LogP contribution in [0.5, 0.6) is 0 Å². The van der Waals surface area contributed by atoms with Gasteiger partial charge in [-0.2, -0.15) is 0 Å². The Kier molecular flexibility index (Phi) is 6.90. The fourth-order valence-electron chi connectivity index (χ4n) is 3.80. The van der Waals surface area contributed by atoms with Gasteiger partial charge in [-0.15, -0.1) is 0 Å². The minimum atomic E-state index is -0.00845. The Hall–Kier alpha value is -2.41. The highest BCUT2D eigenvalue weighted by Crippen LogP contribution is 2.26. The number of carbonyl (C=O) groups excluding carboxylic acids is 1. The molecule has 0 aromatic carbocycles. The van der Waals surface area contributed by atoms with Gasteiger partial charge < -0.3 is 16.4 Å². The molecule has 2 fully saturated rings. The molecule has 2 heterocycles. The maximum Gasteiger partial charge on any atom is 0.246 e. The van der Waals surface area contributed by atoms with Gasteiger partial charge >= 0.3 is 0 Å². The Balaban J connectivity index is 1.62. The largest absolute Gasteiger partial charge is 0.383 e. The third-order valence-corrected chi connectivity index (χ3v) is 6.03. The van der Waals surface area contributed by atoms with Crippen molar-refractivity contribution in [1.29, 1.82) is 0 Å². The Morgan fingerprint density at radius 1 is 1.45 bits per heavy atom. The number of amides is 1. The first kappa shape index (κ1) is 21.3. The van der Waals surface area contributed by atoms with Gasteiger partial charge in [0.05, 0.1) is 11.6 Å². The van der Waals surface area contributed by atoms with Crippen LogP contribution in [-0.2, 0) is 4.79 Å². The second-order valence-corrected chi connectivity index (χ2v) is 8.28. The zero-order valence-electron chi connectivity index (χ0n) is 17.8. The number of likely N-dealkylation sites (N-methyl/N-ethyl adjacent to an activating group) is 1. The van der Waals surface area contributed by atoms with E-state index in [0.717, 1.165) is 30.5 Å². The van der Waals surface area contributed by atoms with Gasteiger partial charge in [0.15, 0.2) is 0 Å². The number of amidine groups is 1. The van der Waals surface area contributed by atoms with E-state index in [1.807, 2.05) is 17.0 Å². The lowest BCUT2D eigenvalue weighted by atomic mass is 9.94. The van der Waals surface area contributed by atoms with E-state index in [9.17, 15) is 4.79 Å². The number of aliphatic imine (C=N–C) groups is 1. The highest BCUT2D eigenvalue weighted by Gasteiger charge is 2.27. The van der Waals surface area contributed by atoms with Gasteiger partial charge in [0, 0.05) is 37.9 Å². The number of carbonyl (C=O) groups is 1. The van der Waals surface area contributed by atoms with Crippen LogP contribution in [0.1, 0.15) is 56.6 Å². The van der Waals surface area contributed by atoms with Gasteiger partial charge in [0.25, 0.3) is 0 Å². The summed E-state index contributed by atoms with van der Waals surface area (Å²) in [6, 6.07) is 2.66. The predicted octanol–water partition coefficient (Wildman–Crippen LogP) is 2.13. The molecule has 1 amide bonds. The summed E-state index contributed by atoms with van der Waals surface area (Å²) in [5.41, 5.74) is 14.3. The minimum Gasteiger partial charge on any atom is -0.383 e. The van der Waals surface area contributed by atoms with Crippen molar-refractivity contribution in [3.05, 3.63) is 35.5 Å². The van der Waals surface area contributed by atoms with Crippen molar-refractivity contribution in [2.75, 3.05) is 32.4 Å². The summed E-state index contributed by atoms with van der Waals surface area (Å²) in [4.78, 5) is 25.5. The summed E-state index contributed by atoms with van der Waals surface area (Å²) in [7, 11) is 2.10. The molecule has 7 heteroatoms. The van der Waals surface area contributed by atoms with Gasteiger partial charge in [0.2, 0.25) is 5.91 Å². The van der Waals surface area contributed by atoms with Crippen LogP contribution in [-0.4, -0.2) is 65.3 Å². The van der Waals surface area contributed by atoms with Crippen LogP contribution in [0.3, 0.4) is 0 Å². The second kappa shape index (κ2) is 9.39. The van der Waals surface area contributed by atoms with Gasteiger partial charge in [-0.05, 0) is 50.3 Å². The van der Waals surface area contributed by atoms with Gasteiger partial charge in [-0.3, -0.25) is 14.7 Å². The molecule has 7 nitrogen and oxygen atoms in total. The molecule has 1 aliphatic carbocycles. The topological polar surface area (TPSA) is 101 Å². The Morgan fingerprint density at radius 2 is 2.21 bits per heavy atom. The van der Waals surface area contributed by atoms with E-state index in [2.05, 4.69) is 30.8 Å². The van der Waals surface area contributed by atoms with E-state index >= 15 is 0 Å². The maximum atomic E-state index is 12.5. The average molecular weight is 399 g/mol. The third-order valence-electron chi connectivity index (χ3n) is 6.03. The lowest BCUT2D eigenvalue weighted by molar-refractivity contribution is -0.125. The number of likely N-dealkylation sites (tertiary alicyclic amines) is 1. The first-order valence-electron chi connectivity index (χ1n) is 10.6. The van der Waals surface area contributed by atoms with Crippen molar-refractivity contribution < 1.29 is 4.79 Å². The van der Waals surface area contributed by atoms with E-state index in [-0.39, 0.29) is 11.9 Å². The number of hydrogen-bond donors (Lipinski definition) is 2. The summed E-state index contributed by atoms with van der Waals surface area (Å²) in [6.45, 7) is 6.38. The molecule has 0 radical (unpaired) electrons. The summed E-state index contributed by atoms with van der Waals surface area (Å²) >= 11 is 0. The molecule has 3 rings (SSSR count). The minimum absolute atomic E-state index is 0.00845. The first-order valence-corrected chi connectivity index (χ1v) is 10.6. The monoisotopic (exact) mass is 398 g/mol. The lowest BCUT2D eigenvalue weighted by Crippen LogP contribution is -2.29. The van der Waals surface area contributed by atoms with Crippen molar-refractivity contribution in [2.24, 2.45) is 10.7 Å². The van der Waals surface area contributed by atoms with Gasteiger partial charge in [-0.1, -0.05) is 19.9 Å². The number of nitrogen functional groups attached to an aromatic ring is 1. The van der Waals surface area contributed by atoms with E-state index in [4.69, 9.17) is 16.5 Å². The van der Waals surface area contributed by atoms with E-state index in [1.165, 1.54) is 12.8 Å². The van der Waals surface area contributed by atoms with Gasteiger partial charge in [-0.25, -0.2) is 4.98 Å². The average Bonchev–Trinajstić information content (AvgIpc) is 3.46. The van der Waals surface area contributed by atoms with Crippen molar-refractivity contribution in [3.63, 3.8) is 0 Å². The zero-order valence-corrected chi connectivity index (χ0v) is 17.8. The number of pyridine rings is 1. The number of nitrogens with zero attached hydrogens (tertiary/aromatic N) is 4. The van der Waals surface area contributed by atoms with E-state index in [0.29, 0.717) is 36.7 Å². The molecule has 1 saturated carbocycles. The fraction of sp³-hybridized carbons (Fsp3) is 0.591. The number of nitrogens with two attached hydrogens (primary N) is 2. The zero-order chi connectivity index (χ0) is 21.0. The third kappa shape index (κ3) is 5.35. The molecule has 0 spiro atoms. The molecule has 158 valence electrons. The number of rotatable bonds is 8. The molecule has 1 saturated heterocycles. The Labute approximate surface area is 173 Å². The Bertz CT molecular complexity index is 786. The van der Waals surface area contributed by atoms with Crippen molar-refractivity contribution in [1.82, 2.24) is 14.8 Å². The van der Waals surface area contributed by atoms with Crippen LogP contribution in [0, 0.1) is 0 Å². The van der Waals surface area contributed by atoms with Crippen molar-refractivity contribution in [2.45, 2.75) is 57.5 Å². The van der Waals surface area contributed by atoms with Crippen LogP contribution in [0.4, 0.5) is 5.82 Å². The number of aromatic nitrogens is 1. The number of hydrogen-bond acceptors (Lipinski definition) is 5. The van der Waals surface area contributed by atoms with Crippen LogP contribution >= 0.6 is 0 Å². The van der Waals surface area contributed by atoms with Gasteiger partial charge in [0.1, 0.15) is 11.7 Å². The molecule has 2 aliphatic rings. The van der Waals surface area contributed by atoms with Crippen molar-refractivity contribution in [3.8, 4) is 0 Å². The normalized spacial score (nSPS) is 21.3. The summed E-state index contributed by atoms with van der Waals surface area (Å²) < 4.78 is 0. The predicted molar refractivity (Wildman–Crippen MR) is 118 cm³/mol. The standard InChI is InChI=1S/C22H34N6O/c1-4-15(2)18-9-11-25-21(23)20(18)22(24)26-16-10-13-28(14-16)19(29)6-5-12-27(3)17-7-8-17/h5-6,9,11,15-17H,4,7-8,10,12-14H2,1-3H3,(H2,23,25)(H2,24,26)/b6-5+. The smallest absolute Gasteiger partial charge is 0.246 e. The highest BCUT2D eigenvalue weighted by atomic mass is 16.2. The molecule has 0 bridgehead atoms. The Morgan fingerprint density at radius 3 is 2.90 bits per heavy atom. The van der Waals surface area contributed by atoms with E-state index < -0.39 is 0 Å². The summed E-state index contributed by atoms with van der Waals surface area (Å²) in [5, 5.41) is 0.